The van der Waals surface area contributed by atoms with Crippen molar-refractivity contribution in [3.8, 4) is 0 Å². The number of amides is 1. The summed E-state index contributed by atoms with van der Waals surface area (Å²) >= 11 is 9.56. The van der Waals surface area contributed by atoms with Gasteiger partial charge in [-0.05, 0) is 59.6 Å². The number of rotatable bonds is 3. The molecule has 20 heavy (non-hydrogen) atoms. The fourth-order valence-electron chi connectivity index (χ4n) is 2.05. The maximum atomic E-state index is 12.7. The number of carbonyl (C=O) groups is 1. The van der Waals surface area contributed by atoms with Gasteiger partial charge in [-0.25, -0.2) is 0 Å². The van der Waals surface area contributed by atoms with Crippen LogP contribution >= 0.6 is 27.5 Å². The Bertz CT molecular complexity index is 642. The number of aryl methyl sites for hydroxylation is 1. The van der Waals surface area contributed by atoms with Crippen LogP contribution in [-0.2, 0) is 0 Å². The molecule has 0 aliphatic rings. The molecule has 2 rings (SSSR count). The lowest BCUT2D eigenvalue weighted by Crippen LogP contribution is -2.30. The predicted octanol–water partition coefficient (Wildman–Crippen LogP) is 5.08. The molecule has 0 unspecified atom stereocenters. The Hall–Kier alpha value is -1.32. The van der Waals surface area contributed by atoms with E-state index in [1.165, 1.54) is 0 Å². The normalized spacial score (nSPS) is 10.4. The van der Waals surface area contributed by atoms with E-state index in [-0.39, 0.29) is 5.91 Å². The van der Waals surface area contributed by atoms with Crippen LogP contribution in [0.25, 0.3) is 0 Å². The van der Waals surface area contributed by atoms with Crippen molar-refractivity contribution in [1.29, 1.82) is 0 Å². The summed E-state index contributed by atoms with van der Waals surface area (Å²) in [6, 6.07) is 13.3. The van der Waals surface area contributed by atoms with Gasteiger partial charge in [0.25, 0.3) is 5.91 Å². The number of anilines is 1. The first-order chi connectivity index (χ1) is 9.54. The summed E-state index contributed by atoms with van der Waals surface area (Å²) in [4.78, 5) is 14.4. The Labute approximate surface area is 132 Å². The fourth-order valence-corrected chi connectivity index (χ4v) is 2.63. The van der Waals surface area contributed by atoms with E-state index in [1.54, 1.807) is 11.0 Å². The molecule has 0 N–H and O–H groups in total. The second-order valence-corrected chi connectivity index (χ2v) is 5.72. The molecule has 0 fully saturated rings. The van der Waals surface area contributed by atoms with E-state index in [2.05, 4.69) is 15.9 Å². The smallest absolute Gasteiger partial charge is 0.259 e. The maximum Gasteiger partial charge on any atom is 0.259 e. The van der Waals surface area contributed by atoms with Crippen LogP contribution in [0, 0.1) is 6.92 Å². The van der Waals surface area contributed by atoms with E-state index >= 15 is 0 Å². The molecule has 104 valence electrons. The molecule has 0 aromatic heterocycles. The molecule has 0 bridgehead atoms. The largest absolute Gasteiger partial charge is 0.309 e. The molecule has 0 heterocycles. The molecule has 4 heteroatoms. The van der Waals surface area contributed by atoms with Crippen molar-refractivity contribution in [2.45, 2.75) is 13.8 Å². The van der Waals surface area contributed by atoms with E-state index in [0.29, 0.717) is 17.1 Å². The van der Waals surface area contributed by atoms with Gasteiger partial charge in [-0.15, -0.1) is 0 Å². The molecule has 1 amide bonds. The van der Waals surface area contributed by atoms with Crippen molar-refractivity contribution in [2.75, 3.05) is 11.4 Å². The number of nitrogens with zero attached hydrogens (tertiary/aromatic N) is 1. The van der Waals surface area contributed by atoms with Crippen molar-refractivity contribution in [2.24, 2.45) is 0 Å². The summed E-state index contributed by atoms with van der Waals surface area (Å²) < 4.78 is 0.727. The number of carbonyl (C=O) groups excluding carboxylic acids is 1. The molecular weight excluding hydrogens is 338 g/mol. The van der Waals surface area contributed by atoms with Gasteiger partial charge >= 0.3 is 0 Å². The topological polar surface area (TPSA) is 20.3 Å². The molecule has 2 aromatic rings. The highest BCUT2D eigenvalue weighted by atomic mass is 79.9. The average molecular weight is 353 g/mol. The highest BCUT2D eigenvalue weighted by Gasteiger charge is 2.19. The molecule has 0 aliphatic heterocycles. The lowest BCUT2D eigenvalue weighted by Gasteiger charge is -2.22. The van der Waals surface area contributed by atoms with Crippen LogP contribution < -0.4 is 4.90 Å². The van der Waals surface area contributed by atoms with E-state index in [9.17, 15) is 4.79 Å². The summed E-state index contributed by atoms with van der Waals surface area (Å²) in [5, 5.41) is 0.448. The number of benzene rings is 2. The lowest BCUT2D eigenvalue weighted by molar-refractivity contribution is 0.0988. The summed E-state index contributed by atoms with van der Waals surface area (Å²) in [6.45, 7) is 4.55. The van der Waals surface area contributed by atoms with Crippen molar-refractivity contribution < 1.29 is 4.79 Å². The van der Waals surface area contributed by atoms with Gasteiger partial charge in [0.15, 0.2) is 0 Å². The minimum atomic E-state index is -0.0931. The first-order valence-corrected chi connectivity index (χ1v) is 7.54. The van der Waals surface area contributed by atoms with Crippen LogP contribution in [-0.4, -0.2) is 12.5 Å². The van der Waals surface area contributed by atoms with E-state index < -0.39 is 0 Å². The third-order valence-corrected chi connectivity index (χ3v) is 4.35. The van der Waals surface area contributed by atoms with Gasteiger partial charge in [-0.1, -0.05) is 29.8 Å². The zero-order chi connectivity index (χ0) is 14.7. The van der Waals surface area contributed by atoms with Crippen LogP contribution in [0.3, 0.4) is 0 Å². The Morgan fingerprint density at radius 2 is 1.95 bits per heavy atom. The zero-order valence-electron chi connectivity index (χ0n) is 11.4. The van der Waals surface area contributed by atoms with Crippen LogP contribution in [0.4, 0.5) is 5.69 Å². The van der Waals surface area contributed by atoms with Gasteiger partial charge in [0.05, 0.1) is 10.6 Å². The van der Waals surface area contributed by atoms with E-state index in [4.69, 9.17) is 11.6 Å². The van der Waals surface area contributed by atoms with Crippen molar-refractivity contribution in [1.82, 2.24) is 0 Å². The number of hydrogen-bond acceptors (Lipinski definition) is 1. The van der Waals surface area contributed by atoms with Crippen molar-refractivity contribution in [3.63, 3.8) is 0 Å². The van der Waals surface area contributed by atoms with E-state index in [1.807, 2.05) is 50.2 Å². The molecule has 0 spiro atoms. The fraction of sp³-hybridized carbons (Fsp3) is 0.188. The molecule has 2 aromatic carbocycles. The van der Waals surface area contributed by atoms with Crippen molar-refractivity contribution in [3.05, 3.63) is 63.1 Å². The zero-order valence-corrected chi connectivity index (χ0v) is 13.7. The summed E-state index contributed by atoms with van der Waals surface area (Å²) in [6.07, 6.45) is 0. The van der Waals surface area contributed by atoms with Crippen LogP contribution in [0.2, 0.25) is 5.02 Å². The SMILES string of the molecule is CCN(C(=O)c1cccc(Br)c1Cl)c1cccc(C)c1. The Balaban J connectivity index is 2.42. The predicted molar refractivity (Wildman–Crippen MR) is 87.7 cm³/mol. The first kappa shape index (κ1) is 15.1. The summed E-state index contributed by atoms with van der Waals surface area (Å²) in [5.74, 6) is -0.0931. The highest BCUT2D eigenvalue weighted by Crippen LogP contribution is 2.28. The third kappa shape index (κ3) is 3.05. The number of hydrogen-bond donors (Lipinski definition) is 0. The standard InChI is InChI=1S/C16H15BrClNO/c1-3-19(12-7-4-6-11(2)10-12)16(20)13-8-5-9-14(17)15(13)18/h4-10H,3H2,1-2H3. The third-order valence-electron chi connectivity index (χ3n) is 3.06. The van der Waals surface area contributed by atoms with Gasteiger partial charge in [-0.3, -0.25) is 4.79 Å². The minimum Gasteiger partial charge on any atom is -0.309 e. The quantitative estimate of drug-likeness (QED) is 0.754. The molecule has 0 atom stereocenters. The average Bonchev–Trinajstić information content (AvgIpc) is 2.42. The number of halogens is 2. The van der Waals surface area contributed by atoms with Gasteiger partial charge in [0, 0.05) is 16.7 Å². The second kappa shape index (κ2) is 6.42. The lowest BCUT2D eigenvalue weighted by atomic mass is 10.1. The summed E-state index contributed by atoms with van der Waals surface area (Å²) in [5.41, 5.74) is 2.51. The summed E-state index contributed by atoms with van der Waals surface area (Å²) in [7, 11) is 0. The molecule has 0 saturated carbocycles. The highest BCUT2D eigenvalue weighted by molar-refractivity contribution is 9.10. The molecule has 0 aliphatic carbocycles. The molecular formula is C16H15BrClNO. The van der Waals surface area contributed by atoms with Crippen LogP contribution in [0.15, 0.2) is 46.9 Å². The Morgan fingerprint density at radius 3 is 2.60 bits per heavy atom. The van der Waals surface area contributed by atoms with Gasteiger partial charge in [0.1, 0.15) is 0 Å². The van der Waals surface area contributed by atoms with Gasteiger partial charge < -0.3 is 4.90 Å². The second-order valence-electron chi connectivity index (χ2n) is 4.49. The van der Waals surface area contributed by atoms with Crippen LogP contribution in [0.1, 0.15) is 22.8 Å². The monoisotopic (exact) mass is 351 g/mol. The maximum absolute atomic E-state index is 12.7. The van der Waals surface area contributed by atoms with Gasteiger partial charge in [0.2, 0.25) is 0 Å². The van der Waals surface area contributed by atoms with E-state index in [0.717, 1.165) is 15.7 Å². The molecule has 0 radical (unpaired) electrons. The minimum absolute atomic E-state index is 0.0931. The van der Waals surface area contributed by atoms with Gasteiger partial charge in [-0.2, -0.15) is 0 Å². The van der Waals surface area contributed by atoms with Crippen molar-refractivity contribution >= 4 is 39.1 Å². The Kier molecular flexibility index (Phi) is 4.84. The Morgan fingerprint density at radius 1 is 1.25 bits per heavy atom. The van der Waals surface area contributed by atoms with Crippen LogP contribution in [0.5, 0.6) is 0 Å². The molecule has 0 saturated heterocycles. The molecule has 2 nitrogen and oxygen atoms in total. The first-order valence-electron chi connectivity index (χ1n) is 6.37.